The standard InChI is InChI=1S/C20H26N4O2/c1-3-26-19-6-4-5-17(15-19)16(2)22-20(25)24-13-11-23(12-14-24)18-7-9-21-10-8-18/h4-10,15-16H,3,11-14H2,1-2H3,(H,22,25)/t16-/m0/s1. The van der Waals surface area contributed by atoms with Crippen molar-refractivity contribution in [3.63, 3.8) is 0 Å². The van der Waals surface area contributed by atoms with Crippen molar-refractivity contribution in [1.29, 1.82) is 0 Å². The Morgan fingerprint density at radius 2 is 1.92 bits per heavy atom. The van der Waals surface area contributed by atoms with Gasteiger partial charge in [0, 0.05) is 44.3 Å². The highest BCUT2D eigenvalue weighted by Gasteiger charge is 2.22. The zero-order valence-electron chi connectivity index (χ0n) is 15.4. The molecule has 1 aliphatic rings. The van der Waals surface area contributed by atoms with Crippen molar-refractivity contribution in [1.82, 2.24) is 15.2 Å². The lowest BCUT2D eigenvalue weighted by atomic mass is 10.1. The van der Waals surface area contributed by atoms with E-state index in [0.29, 0.717) is 19.7 Å². The molecule has 2 heterocycles. The first-order chi connectivity index (χ1) is 12.7. The average Bonchev–Trinajstić information content (AvgIpc) is 2.69. The average molecular weight is 354 g/mol. The molecule has 1 aromatic heterocycles. The van der Waals surface area contributed by atoms with Crippen molar-refractivity contribution < 1.29 is 9.53 Å². The number of aromatic nitrogens is 1. The first kappa shape index (κ1) is 18.0. The smallest absolute Gasteiger partial charge is 0.317 e. The van der Waals surface area contributed by atoms with Crippen LogP contribution in [0.15, 0.2) is 48.8 Å². The fraction of sp³-hybridized carbons (Fsp3) is 0.400. The van der Waals surface area contributed by atoms with Gasteiger partial charge in [-0.25, -0.2) is 4.79 Å². The van der Waals surface area contributed by atoms with Crippen LogP contribution in [0.4, 0.5) is 10.5 Å². The van der Waals surface area contributed by atoms with E-state index in [2.05, 4.69) is 15.2 Å². The Hall–Kier alpha value is -2.76. The van der Waals surface area contributed by atoms with E-state index >= 15 is 0 Å². The van der Waals surface area contributed by atoms with Crippen LogP contribution in [0.25, 0.3) is 0 Å². The zero-order chi connectivity index (χ0) is 18.4. The number of nitrogens with zero attached hydrogens (tertiary/aromatic N) is 3. The van der Waals surface area contributed by atoms with Crippen molar-refractivity contribution in [3.05, 3.63) is 54.4 Å². The third kappa shape index (κ3) is 4.45. The molecule has 6 heteroatoms. The van der Waals surface area contributed by atoms with E-state index in [4.69, 9.17) is 4.74 Å². The van der Waals surface area contributed by atoms with Gasteiger partial charge < -0.3 is 19.9 Å². The number of amides is 2. The van der Waals surface area contributed by atoms with Crippen LogP contribution in [0, 0.1) is 0 Å². The van der Waals surface area contributed by atoms with Crippen LogP contribution in [-0.4, -0.2) is 48.7 Å². The van der Waals surface area contributed by atoms with Gasteiger partial charge in [0.25, 0.3) is 0 Å². The Labute approximate surface area is 154 Å². The normalized spacial score (nSPS) is 15.5. The Morgan fingerprint density at radius 1 is 1.19 bits per heavy atom. The molecule has 2 aromatic rings. The maximum Gasteiger partial charge on any atom is 0.317 e. The number of carbonyl (C=O) groups is 1. The minimum absolute atomic E-state index is 0.0197. The van der Waals surface area contributed by atoms with Gasteiger partial charge >= 0.3 is 6.03 Å². The van der Waals surface area contributed by atoms with E-state index < -0.39 is 0 Å². The number of hydrogen-bond acceptors (Lipinski definition) is 4. The molecule has 0 spiro atoms. The van der Waals surface area contributed by atoms with Crippen LogP contribution < -0.4 is 15.0 Å². The second kappa shape index (κ2) is 8.56. The summed E-state index contributed by atoms with van der Waals surface area (Å²) in [6, 6.07) is 11.8. The number of urea groups is 1. The zero-order valence-corrected chi connectivity index (χ0v) is 15.4. The van der Waals surface area contributed by atoms with E-state index in [0.717, 1.165) is 30.1 Å². The van der Waals surface area contributed by atoms with E-state index in [-0.39, 0.29) is 12.1 Å². The highest BCUT2D eigenvalue weighted by molar-refractivity contribution is 5.75. The Kier molecular flexibility index (Phi) is 5.94. The van der Waals surface area contributed by atoms with Crippen molar-refractivity contribution in [2.45, 2.75) is 19.9 Å². The molecular formula is C20H26N4O2. The predicted octanol–water partition coefficient (Wildman–Crippen LogP) is 3.07. The number of rotatable bonds is 5. The summed E-state index contributed by atoms with van der Waals surface area (Å²) in [5.74, 6) is 0.831. The fourth-order valence-corrected chi connectivity index (χ4v) is 3.12. The number of ether oxygens (including phenoxy) is 1. The molecule has 0 unspecified atom stereocenters. The van der Waals surface area contributed by atoms with Crippen molar-refractivity contribution in [2.75, 3.05) is 37.7 Å². The Bertz CT molecular complexity index is 715. The van der Waals surface area contributed by atoms with E-state index in [9.17, 15) is 4.79 Å². The number of piperazine rings is 1. The van der Waals surface area contributed by atoms with Crippen LogP contribution in [0.3, 0.4) is 0 Å². The lowest BCUT2D eigenvalue weighted by Gasteiger charge is -2.36. The third-order valence-electron chi connectivity index (χ3n) is 4.60. The molecule has 0 aliphatic carbocycles. The molecule has 0 saturated carbocycles. The van der Waals surface area contributed by atoms with Gasteiger partial charge in [0.15, 0.2) is 0 Å². The summed E-state index contributed by atoms with van der Waals surface area (Å²) in [6.45, 7) is 7.66. The van der Waals surface area contributed by atoms with Crippen molar-refractivity contribution in [3.8, 4) is 5.75 Å². The summed E-state index contributed by atoms with van der Waals surface area (Å²) >= 11 is 0. The predicted molar refractivity (Wildman–Crippen MR) is 103 cm³/mol. The second-order valence-electron chi connectivity index (χ2n) is 6.36. The minimum atomic E-state index is -0.0684. The van der Waals surface area contributed by atoms with E-state index in [1.54, 1.807) is 12.4 Å². The Morgan fingerprint density at radius 3 is 2.62 bits per heavy atom. The van der Waals surface area contributed by atoms with E-state index in [1.807, 2.05) is 55.1 Å². The molecule has 6 nitrogen and oxygen atoms in total. The van der Waals surface area contributed by atoms with E-state index in [1.165, 1.54) is 0 Å². The first-order valence-corrected chi connectivity index (χ1v) is 9.10. The number of hydrogen-bond donors (Lipinski definition) is 1. The highest BCUT2D eigenvalue weighted by Crippen LogP contribution is 2.20. The van der Waals surface area contributed by atoms with Gasteiger partial charge in [-0.1, -0.05) is 12.1 Å². The van der Waals surface area contributed by atoms with Gasteiger partial charge in [-0.05, 0) is 43.7 Å². The maximum atomic E-state index is 12.6. The van der Waals surface area contributed by atoms with Gasteiger partial charge in [-0.15, -0.1) is 0 Å². The summed E-state index contributed by atoms with van der Waals surface area (Å²) in [6.07, 6.45) is 3.60. The van der Waals surface area contributed by atoms with Gasteiger partial charge in [-0.2, -0.15) is 0 Å². The van der Waals surface area contributed by atoms with Gasteiger partial charge in [0.1, 0.15) is 5.75 Å². The Balaban J connectivity index is 1.53. The monoisotopic (exact) mass is 354 g/mol. The molecule has 138 valence electrons. The summed E-state index contributed by atoms with van der Waals surface area (Å²) in [5, 5.41) is 3.09. The number of nitrogens with one attached hydrogen (secondary N) is 1. The molecule has 1 saturated heterocycles. The summed E-state index contributed by atoms with van der Waals surface area (Å²) < 4.78 is 5.54. The molecule has 0 bridgehead atoms. The molecule has 1 aliphatic heterocycles. The first-order valence-electron chi connectivity index (χ1n) is 9.10. The molecule has 1 N–H and O–H groups in total. The second-order valence-corrected chi connectivity index (χ2v) is 6.36. The third-order valence-corrected chi connectivity index (χ3v) is 4.60. The van der Waals surface area contributed by atoms with Gasteiger partial charge in [0.2, 0.25) is 0 Å². The quantitative estimate of drug-likeness (QED) is 0.896. The highest BCUT2D eigenvalue weighted by atomic mass is 16.5. The molecule has 3 rings (SSSR count). The molecule has 26 heavy (non-hydrogen) atoms. The maximum absolute atomic E-state index is 12.6. The molecular weight excluding hydrogens is 328 g/mol. The van der Waals surface area contributed by atoms with Crippen molar-refractivity contribution in [2.24, 2.45) is 0 Å². The topological polar surface area (TPSA) is 57.7 Å². The van der Waals surface area contributed by atoms with Crippen molar-refractivity contribution >= 4 is 11.7 Å². The lowest BCUT2D eigenvalue weighted by molar-refractivity contribution is 0.191. The summed E-state index contributed by atoms with van der Waals surface area (Å²) in [5.41, 5.74) is 2.20. The van der Waals surface area contributed by atoms with Crippen LogP contribution in [-0.2, 0) is 0 Å². The molecule has 2 amide bonds. The molecule has 1 atom stereocenters. The fourth-order valence-electron chi connectivity index (χ4n) is 3.12. The van der Waals surface area contributed by atoms with Crippen LogP contribution in [0.2, 0.25) is 0 Å². The minimum Gasteiger partial charge on any atom is -0.494 e. The van der Waals surface area contributed by atoms with Crippen LogP contribution in [0.1, 0.15) is 25.5 Å². The molecule has 0 radical (unpaired) electrons. The van der Waals surface area contributed by atoms with Gasteiger partial charge in [-0.3, -0.25) is 4.98 Å². The summed E-state index contributed by atoms with van der Waals surface area (Å²) in [7, 11) is 0. The SMILES string of the molecule is CCOc1cccc([C@H](C)NC(=O)N2CCN(c3ccncc3)CC2)c1. The summed E-state index contributed by atoms with van der Waals surface area (Å²) in [4.78, 5) is 20.8. The lowest BCUT2D eigenvalue weighted by Crippen LogP contribution is -2.52. The number of anilines is 1. The number of carbonyl (C=O) groups excluding carboxylic acids is 1. The number of benzene rings is 1. The van der Waals surface area contributed by atoms with Crippen LogP contribution in [0.5, 0.6) is 5.75 Å². The largest absolute Gasteiger partial charge is 0.494 e. The molecule has 1 aromatic carbocycles. The number of pyridine rings is 1. The van der Waals surface area contributed by atoms with Crippen LogP contribution >= 0.6 is 0 Å². The molecule has 1 fully saturated rings. The van der Waals surface area contributed by atoms with Gasteiger partial charge in [0.05, 0.1) is 12.6 Å².